The van der Waals surface area contributed by atoms with Crippen molar-refractivity contribution in [3.8, 4) is 0 Å². The van der Waals surface area contributed by atoms with Gasteiger partial charge >= 0.3 is 5.69 Å². The van der Waals surface area contributed by atoms with Crippen LogP contribution in [0.1, 0.15) is 24.1 Å². The number of aryl methyl sites for hydroxylation is 1. The topological polar surface area (TPSA) is 97.4 Å². The van der Waals surface area contributed by atoms with Gasteiger partial charge in [-0.15, -0.1) is 0 Å². The molecular formula is C16H21FN6O2. The number of aromatic nitrogens is 2. The van der Waals surface area contributed by atoms with E-state index in [0.717, 1.165) is 5.56 Å². The summed E-state index contributed by atoms with van der Waals surface area (Å²) in [5, 5.41) is 20.8. The van der Waals surface area contributed by atoms with Gasteiger partial charge < -0.3 is 10.6 Å². The quantitative estimate of drug-likeness (QED) is 0.361. The fourth-order valence-electron chi connectivity index (χ4n) is 2.22. The van der Waals surface area contributed by atoms with E-state index >= 15 is 0 Å². The standard InChI is InChI=1S/C16H21FN6O2/c1-11-4-5-13(8-15(11)17)12(2)21-16(18-3)19-6-7-22-10-14(9-20-22)23(24)25/h4-5,8-10,12H,6-7H2,1-3H3,(H2,18,19,21). The zero-order valence-electron chi connectivity index (χ0n) is 14.4. The van der Waals surface area contributed by atoms with Crippen LogP contribution in [0, 0.1) is 22.9 Å². The maximum Gasteiger partial charge on any atom is 0.306 e. The molecule has 0 aliphatic carbocycles. The highest BCUT2D eigenvalue weighted by molar-refractivity contribution is 5.80. The Morgan fingerprint density at radius 1 is 1.52 bits per heavy atom. The van der Waals surface area contributed by atoms with E-state index in [9.17, 15) is 14.5 Å². The molecule has 1 aromatic carbocycles. The van der Waals surface area contributed by atoms with Gasteiger partial charge in [0, 0.05) is 13.6 Å². The number of hydrogen-bond acceptors (Lipinski definition) is 4. The summed E-state index contributed by atoms with van der Waals surface area (Å²) in [6.07, 6.45) is 2.58. The van der Waals surface area contributed by atoms with Crippen molar-refractivity contribution in [2.24, 2.45) is 4.99 Å². The minimum Gasteiger partial charge on any atom is -0.355 e. The Kier molecular flexibility index (Phi) is 6.04. The summed E-state index contributed by atoms with van der Waals surface area (Å²) in [5.74, 6) is 0.310. The molecule has 2 aromatic rings. The van der Waals surface area contributed by atoms with Crippen molar-refractivity contribution in [3.05, 3.63) is 57.7 Å². The molecule has 1 unspecified atom stereocenters. The third-order valence-electron chi connectivity index (χ3n) is 3.74. The number of halogens is 1. The molecule has 25 heavy (non-hydrogen) atoms. The summed E-state index contributed by atoms with van der Waals surface area (Å²) in [6, 6.07) is 4.98. The lowest BCUT2D eigenvalue weighted by atomic mass is 10.1. The molecule has 1 atom stereocenters. The maximum absolute atomic E-state index is 13.7. The maximum atomic E-state index is 13.7. The lowest BCUT2D eigenvalue weighted by Gasteiger charge is -2.18. The Morgan fingerprint density at radius 3 is 2.88 bits per heavy atom. The summed E-state index contributed by atoms with van der Waals surface area (Å²) >= 11 is 0. The largest absolute Gasteiger partial charge is 0.355 e. The summed E-state index contributed by atoms with van der Waals surface area (Å²) in [7, 11) is 1.64. The summed E-state index contributed by atoms with van der Waals surface area (Å²) < 4.78 is 15.2. The average Bonchev–Trinajstić information content (AvgIpc) is 3.05. The molecule has 0 fully saturated rings. The van der Waals surface area contributed by atoms with Crippen molar-refractivity contribution >= 4 is 11.6 Å². The highest BCUT2D eigenvalue weighted by atomic mass is 19.1. The monoisotopic (exact) mass is 348 g/mol. The van der Waals surface area contributed by atoms with Crippen molar-refractivity contribution in [2.45, 2.75) is 26.4 Å². The molecule has 0 radical (unpaired) electrons. The highest BCUT2D eigenvalue weighted by Gasteiger charge is 2.11. The van der Waals surface area contributed by atoms with Crippen molar-refractivity contribution in [1.82, 2.24) is 20.4 Å². The molecule has 0 saturated heterocycles. The van der Waals surface area contributed by atoms with Gasteiger partial charge in [0.15, 0.2) is 5.96 Å². The average molecular weight is 348 g/mol. The molecule has 1 aromatic heterocycles. The van der Waals surface area contributed by atoms with Gasteiger partial charge in [-0.1, -0.05) is 12.1 Å². The number of nitrogens with zero attached hydrogens (tertiary/aromatic N) is 4. The predicted molar refractivity (Wildman–Crippen MR) is 92.9 cm³/mol. The molecule has 2 N–H and O–H groups in total. The second kappa shape index (κ2) is 8.22. The number of aliphatic imine (C=N–C) groups is 1. The van der Waals surface area contributed by atoms with Crippen LogP contribution in [-0.2, 0) is 6.54 Å². The highest BCUT2D eigenvalue weighted by Crippen LogP contribution is 2.16. The van der Waals surface area contributed by atoms with E-state index in [1.165, 1.54) is 23.1 Å². The zero-order chi connectivity index (χ0) is 18.4. The van der Waals surface area contributed by atoms with Gasteiger partial charge in [-0.3, -0.25) is 19.8 Å². The van der Waals surface area contributed by atoms with Gasteiger partial charge in [0.05, 0.1) is 17.5 Å². The number of nitrogens with one attached hydrogen (secondary N) is 2. The Hall–Kier alpha value is -2.97. The third kappa shape index (κ3) is 5.00. The first-order valence-corrected chi connectivity index (χ1v) is 7.80. The fraction of sp³-hybridized carbons (Fsp3) is 0.375. The molecule has 0 bridgehead atoms. The first-order valence-electron chi connectivity index (χ1n) is 7.80. The van der Waals surface area contributed by atoms with Crippen molar-refractivity contribution < 1.29 is 9.31 Å². The van der Waals surface area contributed by atoms with Crippen LogP contribution in [0.5, 0.6) is 0 Å². The van der Waals surface area contributed by atoms with E-state index in [1.807, 2.05) is 13.0 Å². The first-order chi connectivity index (χ1) is 11.9. The molecule has 0 aliphatic heterocycles. The van der Waals surface area contributed by atoms with Gasteiger partial charge in [-0.25, -0.2) is 4.39 Å². The summed E-state index contributed by atoms with van der Waals surface area (Å²) in [6.45, 7) is 4.56. The van der Waals surface area contributed by atoms with Gasteiger partial charge in [0.25, 0.3) is 0 Å². The van der Waals surface area contributed by atoms with Crippen molar-refractivity contribution in [2.75, 3.05) is 13.6 Å². The predicted octanol–water partition coefficient (Wildman–Crippen LogP) is 2.17. The molecule has 0 aliphatic rings. The van der Waals surface area contributed by atoms with Gasteiger partial charge in [-0.2, -0.15) is 5.10 Å². The van der Waals surface area contributed by atoms with Crippen LogP contribution in [0.3, 0.4) is 0 Å². The molecular weight excluding hydrogens is 327 g/mol. The molecule has 2 rings (SSSR count). The fourth-order valence-corrected chi connectivity index (χ4v) is 2.22. The molecule has 134 valence electrons. The van der Waals surface area contributed by atoms with E-state index in [-0.39, 0.29) is 17.5 Å². The Morgan fingerprint density at radius 2 is 2.28 bits per heavy atom. The summed E-state index contributed by atoms with van der Waals surface area (Å²) in [5.41, 5.74) is 1.37. The molecule has 8 nitrogen and oxygen atoms in total. The summed E-state index contributed by atoms with van der Waals surface area (Å²) in [4.78, 5) is 14.3. The molecule has 0 spiro atoms. The molecule has 9 heteroatoms. The molecule has 0 saturated carbocycles. The number of guanidine groups is 1. The van der Waals surface area contributed by atoms with E-state index in [0.29, 0.717) is 24.6 Å². The van der Waals surface area contributed by atoms with Crippen LogP contribution in [0.15, 0.2) is 35.6 Å². The van der Waals surface area contributed by atoms with Crippen LogP contribution in [0.2, 0.25) is 0 Å². The van der Waals surface area contributed by atoms with E-state index in [1.54, 1.807) is 20.0 Å². The number of nitro groups is 1. The lowest BCUT2D eigenvalue weighted by molar-refractivity contribution is -0.385. The van der Waals surface area contributed by atoms with Gasteiger partial charge in [0.1, 0.15) is 18.2 Å². The number of rotatable bonds is 6. The van der Waals surface area contributed by atoms with Crippen LogP contribution < -0.4 is 10.6 Å². The van der Waals surface area contributed by atoms with E-state index in [2.05, 4.69) is 20.7 Å². The Bertz CT molecular complexity index is 774. The second-order valence-corrected chi connectivity index (χ2v) is 5.59. The van der Waals surface area contributed by atoms with Crippen LogP contribution in [-0.4, -0.2) is 34.3 Å². The third-order valence-corrected chi connectivity index (χ3v) is 3.74. The van der Waals surface area contributed by atoms with E-state index in [4.69, 9.17) is 0 Å². The molecule has 1 heterocycles. The Balaban J connectivity index is 1.87. The lowest BCUT2D eigenvalue weighted by Crippen LogP contribution is -2.40. The SMILES string of the molecule is CN=C(NCCn1cc([N+](=O)[O-])cn1)NC(C)c1ccc(C)c(F)c1. The van der Waals surface area contributed by atoms with E-state index < -0.39 is 4.92 Å². The normalized spacial score (nSPS) is 12.7. The molecule has 0 amide bonds. The van der Waals surface area contributed by atoms with Crippen LogP contribution >= 0.6 is 0 Å². The van der Waals surface area contributed by atoms with Crippen molar-refractivity contribution in [1.29, 1.82) is 0 Å². The minimum absolute atomic E-state index is 0.0440. The minimum atomic E-state index is -0.486. The number of benzene rings is 1. The Labute approximate surface area is 144 Å². The second-order valence-electron chi connectivity index (χ2n) is 5.59. The van der Waals surface area contributed by atoms with Crippen LogP contribution in [0.4, 0.5) is 10.1 Å². The van der Waals surface area contributed by atoms with Gasteiger partial charge in [-0.05, 0) is 31.0 Å². The zero-order valence-corrected chi connectivity index (χ0v) is 14.4. The number of hydrogen-bond donors (Lipinski definition) is 2. The van der Waals surface area contributed by atoms with Crippen LogP contribution in [0.25, 0.3) is 0 Å². The smallest absolute Gasteiger partial charge is 0.306 e. The first kappa shape index (κ1) is 18.4. The van der Waals surface area contributed by atoms with Crippen molar-refractivity contribution in [3.63, 3.8) is 0 Å². The van der Waals surface area contributed by atoms with Gasteiger partial charge in [0.2, 0.25) is 0 Å².